The summed E-state index contributed by atoms with van der Waals surface area (Å²) in [4.78, 5) is 37.6. The summed E-state index contributed by atoms with van der Waals surface area (Å²) in [6.07, 6.45) is 0.849. The molecule has 142 valence electrons. The van der Waals surface area contributed by atoms with Gasteiger partial charge in [0.2, 0.25) is 5.91 Å². The summed E-state index contributed by atoms with van der Waals surface area (Å²) in [6.45, 7) is 7.99. The van der Waals surface area contributed by atoms with Crippen molar-refractivity contribution >= 4 is 39.4 Å². The molecule has 0 spiro atoms. The first kappa shape index (κ1) is 20.4. The smallest absolute Gasteiger partial charge is 0.410 e. The van der Waals surface area contributed by atoms with Crippen molar-refractivity contribution in [2.24, 2.45) is 5.92 Å². The van der Waals surface area contributed by atoms with Crippen LogP contribution in [0.15, 0.2) is 22.7 Å². The Bertz CT molecular complexity index is 704. The third-order valence-corrected chi connectivity index (χ3v) is 4.81. The van der Waals surface area contributed by atoms with Gasteiger partial charge in [-0.2, -0.15) is 0 Å². The largest absolute Gasteiger partial charge is 0.444 e. The highest BCUT2D eigenvalue weighted by Gasteiger charge is 2.30. The van der Waals surface area contributed by atoms with Gasteiger partial charge in [-0.25, -0.2) is 4.79 Å². The highest BCUT2D eigenvalue weighted by molar-refractivity contribution is 9.10. The number of halogens is 1. The molecule has 1 heterocycles. The fourth-order valence-electron chi connectivity index (χ4n) is 2.72. The number of piperidine rings is 1. The predicted octanol–water partition coefficient (Wildman–Crippen LogP) is 4.24. The Morgan fingerprint density at radius 3 is 2.31 bits per heavy atom. The molecule has 6 nitrogen and oxygen atoms in total. The molecule has 0 saturated carbocycles. The van der Waals surface area contributed by atoms with Crippen LogP contribution in [0.5, 0.6) is 0 Å². The maximum Gasteiger partial charge on any atom is 0.410 e. The molecule has 0 unspecified atom stereocenters. The Balaban J connectivity index is 1.91. The van der Waals surface area contributed by atoms with Crippen LogP contribution in [0.1, 0.15) is 50.9 Å². The molecule has 1 fully saturated rings. The first-order chi connectivity index (χ1) is 12.1. The van der Waals surface area contributed by atoms with Crippen molar-refractivity contribution in [3.63, 3.8) is 0 Å². The van der Waals surface area contributed by atoms with E-state index in [0.29, 0.717) is 41.7 Å². The summed E-state index contributed by atoms with van der Waals surface area (Å²) in [5.41, 5.74) is 0.694. The molecule has 0 radical (unpaired) electrons. The van der Waals surface area contributed by atoms with Gasteiger partial charge in [0.1, 0.15) is 5.60 Å². The van der Waals surface area contributed by atoms with Crippen LogP contribution in [-0.2, 0) is 9.53 Å². The molecule has 0 bridgehead atoms. The standard InChI is InChI=1S/C19H25BrN2O4/c1-12(23)14-5-6-16(15(20)11-14)21-17(24)13-7-9-22(10-8-13)18(25)26-19(2,3)4/h5-6,11,13H,7-10H2,1-4H3,(H,21,24). The summed E-state index contributed by atoms with van der Waals surface area (Å²) < 4.78 is 6.04. The van der Waals surface area contributed by atoms with E-state index < -0.39 is 5.60 Å². The van der Waals surface area contributed by atoms with Gasteiger partial charge in [0.15, 0.2) is 5.78 Å². The molecule has 0 aromatic heterocycles. The molecule has 2 rings (SSSR count). The number of Topliss-reactive ketones (excluding diaryl/α,β-unsaturated/α-hetero) is 1. The molecule has 1 aromatic carbocycles. The maximum absolute atomic E-state index is 12.5. The van der Waals surface area contributed by atoms with Gasteiger partial charge in [0.25, 0.3) is 0 Å². The molecule has 1 saturated heterocycles. The van der Waals surface area contributed by atoms with Crippen LogP contribution >= 0.6 is 15.9 Å². The number of hydrogen-bond donors (Lipinski definition) is 1. The van der Waals surface area contributed by atoms with Crippen molar-refractivity contribution in [3.8, 4) is 0 Å². The van der Waals surface area contributed by atoms with Crippen molar-refractivity contribution in [3.05, 3.63) is 28.2 Å². The van der Waals surface area contributed by atoms with Crippen molar-refractivity contribution in [1.29, 1.82) is 0 Å². The summed E-state index contributed by atoms with van der Waals surface area (Å²) in [5, 5.41) is 2.90. The SMILES string of the molecule is CC(=O)c1ccc(NC(=O)C2CCN(C(=O)OC(C)(C)C)CC2)c(Br)c1. The zero-order valence-corrected chi connectivity index (χ0v) is 17.2. The lowest BCUT2D eigenvalue weighted by Gasteiger charge is -2.33. The topological polar surface area (TPSA) is 75.7 Å². The van der Waals surface area contributed by atoms with Crippen LogP contribution in [0.2, 0.25) is 0 Å². The number of ether oxygens (including phenoxy) is 1. The molecular formula is C19H25BrN2O4. The number of amides is 2. The van der Waals surface area contributed by atoms with E-state index in [4.69, 9.17) is 4.74 Å². The van der Waals surface area contributed by atoms with Gasteiger partial charge in [-0.1, -0.05) is 0 Å². The molecule has 0 atom stereocenters. The minimum atomic E-state index is -0.524. The van der Waals surface area contributed by atoms with Gasteiger partial charge in [-0.05, 0) is 74.7 Å². The summed E-state index contributed by atoms with van der Waals surface area (Å²) >= 11 is 3.39. The average molecular weight is 425 g/mol. The van der Waals surface area contributed by atoms with E-state index in [1.54, 1.807) is 23.1 Å². The van der Waals surface area contributed by atoms with Gasteiger partial charge in [-0.15, -0.1) is 0 Å². The van der Waals surface area contributed by atoms with Crippen LogP contribution in [0.3, 0.4) is 0 Å². The van der Waals surface area contributed by atoms with Gasteiger partial charge in [-0.3, -0.25) is 9.59 Å². The molecule has 2 amide bonds. The Morgan fingerprint density at radius 1 is 1.19 bits per heavy atom. The van der Waals surface area contributed by atoms with Crippen LogP contribution in [0, 0.1) is 5.92 Å². The van der Waals surface area contributed by atoms with Crippen LogP contribution in [-0.4, -0.2) is 41.4 Å². The van der Waals surface area contributed by atoms with E-state index >= 15 is 0 Å². The molecule has 7 heteroatoms. The third-order valence-electron chi connectivity index (χ3n) is 4.15. The first-order valence-corrected chi connectivity index (χ1v) is 9.45. The second-order valence-electron chi connectivity index (χ2n) is 7.48. The lowest BCUT2D eigenvalue weighted by Crippen LogP contribution is -2.43. The predicted molar refractivity (Wildman–Crippen MR) is 103 cm³/mol. The third kappa shape index (κ3) is 5.56. The summed E-state index contributed by atoms with van der Waals surface area (Å²) in [5.74, 6) is -0.267. The number of carbonyl (C=O) groups excluding carboxylic acids is 3. The molecule has 1 aliphatic heterocycles. The van der Waals surface area contributed by atoms with E-state index in [1.807, 2.05) is 20.8 Å². The fraction of sp³-hybridized carbons (Fsp3) is 0.526. The number of rotatable bonds is 3. The monoisotopic (exact) mass is 424 g/mol. The highest BCUT2D eigenvalue weighted by Crippen LogP contribution is 2.26. The molecule has 26 heavy (non-hydrogen) atoms. The Labute approximate surface area is 162 Å². The van der Waals surface area contributed by atoms with E-state index in [0.717, 1.165) is 0 Å². The number of nitrogens with zero attached hydrogens (tertiary/aromatic N) is 1. The Kier molecular flexibility index (Phi) is 6.44. The minimum absolute atomic E-state index is 0.0295. The quantitative estimate of drug-likeness (QED) is 0.736. The second kappa shape index (κ2) is 8.20. The molecule has 0 aliphatic carbocycles. The number of likely N-dealkylation sites (tertiary alicyclic amines) is 1. The summed E-state index contributed by atoms with van der Waals surface area (Å²) in [6, 6.07) is 5.10. The molecule has 1 aliphatic rings. The lowest BCUT2D eigenvalue weighted by atomic mass is 9.96. The molecular weight excluding hydrogens is 400 g/mol. The zero-order valence-electron chi connectivity index (χ0n) is 15.6. The Morgan fingerprint density at radius 2 is 1.81 bits per heavy atom. The van der Waals surface area contributed by atoms with Gasteiger partial charge >= 0.3 is 6.09 Å². The maximum atomic E-state index is 12.5. The van der Waals surface area contributed by atoms with Gasteiger partial charge < -0.3 is 15.0 Å². The van der Waals surface area contributed by atoms with Gasteiger partial charge in [0, 0.05) is 29.0 Å². The fourth-order valence-corrected chi connectivity index (χ4v) is 3.20. The lowest BCUT2D eigenvalue weighted by molar-refractivity contribution is -0.121. The van der Waals surface area contributed by atoms with Crippen LogP contribution in [0.25, 0.3) is 0 Å². The van der Waals surface area contributed by atoms with Gasteiger partial charge in [0.05, 0.1) is 5.69 Å². The number of anilines is 1. The van der Waals surface area contributed by atoms with Crippen molar-refractivity contribution < 1.29 is 19.1 Å². The highest BCUT2D eigenvalue weighted by atomic mass is 79.9. The number of ketones is 1. The first-order valence-electron chi connectivity index (χ1n) is 8.66. The molecule has 1 N–H and O–H groups in total. The molecule has 1 aromatic rings. The zero-order chi connectivity index (χ0) is 19.5. The average Bonchev–Trinajstić information content (AvgIpc) is 2.55. The van der Waals surface area contributed by atoms with E-state index in [2.05, 4.69) is 21.2 Å². The Hall–Kier alpha value is -1.89. The van der Waals surface area contributed by atoms with E-state index in [9.17, 15) is 14.4 Å². The minimum Gasteiger partial charge on any atom is -0.444 e. The van der Waals surface area contributed by atoms with E-state index in [1.165, 1.54) is 6.92 Å². The van der Waals surface area contributed by atoms with Crippen LogP contribution in [0.4, 0.5) is 10.5 Å². The number of hydrogen-bond acceptors (Lipinski definition) is 4. The van der Waals surface area contributed by atoms with Crippen LogP contribution < -0.4 is 5.32 Å². The second-order valence-corrected chi connectivity index (χ2v) is 8.34. The van der Waals surface area contributed by atoms with Crippen molar-refractivity contribution in [2.75, 3.05) is 18.4 Å². The number of carbonyl (C=O) groups is 3. The number of nitrogens with one attached hydrogen (secondary N) is 1. The van der Waals surface area contributed by atoms with E-state index in [-0.39, 0.29) is 23.7 Å². The normalized spacial score (nSPS) is 15.5. The van der Waals surface area contributed by atoms with Crippen molar-refractivity contribution in [2.45, 2.75) is 46.1 Å². The van der Waals surface area contributed by atoms with Crippen molar-refractivity contribution in [1.82, 2.24) is 4.90 Å². The summed E-state index contributed by atoms with van der Waals surface area (Å²) in [7, 11) is 0. The number of benzene rings is 1.